The van der Waals surface area contributed by atoms with Gasteiger partial charge in [0.2, 0.25) is 10.0 Å². The van der Waals surface area contributed by atoms with Gasteiger partial charge in [-0.05, 0) is 0 Å². The second-order valence-corrected chi connectivity index (χ2v) is 5.69. The smallest absolute Gasteiger partial charge is 0.377 e. The molecule has 0 atom stereocenters. The quantitative estimate of drug-likeness (QED) is 0.669. The lowest BCUT2D eigenvalue weighted by Crippen LogP contribution is -2.65. The summed E-state index contributed by atoms with van der Waals surface area (Å²) in [6.07, 6.45) is 0. The second kappa shape index (κ2) is 3.56. The summed E-state index contributed by atoms with van der Waals surface area (Å²) in [5, 5.41) is 0. The van der Waals surface area contributed by atoms with E-state index in [4.69, 9.17) is 0 Å². The van der Waals surface area contributed by atoms with E-state index >= 15 is 0 Å². The van der Waals surface area contributed by atoms with Gasteiger partial charge in [-0.2, -0.15) is 13.2 Å². The molecule has 0 saturated carbocycles. The molecule has 16 heavy (non-hydrogen) atoms. The molecule has 94 valence electrons. The standard InChI is InChI=1S/C7H12F3N3O2S/c8-7(9,10)16(14,15)11-13-4-1-12(2-5-13)3-6-13/h1-6H2. The van der Waals surface area contributed by atoms with Crippen molar-refractivity contribution in [1.82, 2.24) is 4.90 Å². The summed E-state index contributed by atoms with van der Waals surface area (Å²) in [5.74, 6) is 0. The summed E-state index contributed by atoms with van der Waals surface area (Å²) in [6.45, 7) is 2.85. The van der Waals surface area contributed by atoms with E-state index in [2.05, 4.69) is 9.73 Å². The molecule has 3 saturated heterocycles. The Morgan fingerprint density at radius 3 is 1.88 bits per heavy atom. The molecule has 3 heterocycles. The van der Waals surface area contributed by atoms with Gasteiger partial charge in [0.25, 0.3) is 0 Å². The first-order valence-corrected chi connectivity index (χ1v) is 6.32. The summed E-state index contributed by atoms with van der Waals surface area (Å²) >= 11 is 0. The second-order valence-electron chi connectivity index (χ2n) is 4.11. The monoisotopic (exact) mass is 259 g/mol. The molecule has 3 fully saturated rings. The normalized spacial score (nSPS) is 35.3. The first-order chi connectivity index (χ1) is 7.24. The van der Waals surface area contributed by atoms with Gasteiger partial charge >= 0.3 is 5.51 Å². The van der Waals surface area contributed by atoms with Crippen LogP contribution in [-0.2, 0) is 10.0 Å². The molecule has 0 radical (unpaired) electrons. The zero-order valence-corrected chi connectivity index (χ0v) is 9.26. The maximum absolute atomic E-state index is 12.2. The number of alkyl halides is 3. The summed E-state index contributed by atoms with van der Waals surface area (Å²) in [4.78, 5) is 5.18. The molecule has 3 aliphatic rings. The fourth-order valence-corrected chi connectivity index (χ4v) is 2.84. The lowest BCUT2D eigenvalue weighted by atomic mass is 10.2. The van der Waals surface area contributed by atoms with Crippen LogP contribution in [0, 0.1) is 0 Å². The average molecular weight is 259 g/mol. The minimum absolute atomic E-state index is 0.293. The van der Waals surface area contributed by atoms with Crippen LogP contribution in [-0.4, -0.2) is 62.7 Å². The van der Waals surface area contributed by atoms with Gasteiger partial charge in [0, 0.05) is 19.6 Å². The largest absolute Gasteiger partial charge is 0.483 e. The van der Waals surface area contributed by atoms with Gasteiger partial charge in [-0.3, -0.25) is 4.90 Å². The van der Waals surface area contributed by atoms with Gasteiger partial charge in [0.1, 0.15) is 0 Å². The molecule has 0 aromatic heterocycles. The zero-order valence-electron chi connectivity index (χ0n) is 8.44. The summed E-state index contributed by atoms with van der Waals surface area (Å²) in [7, 11) is -5.36. The molecule has 0 aromatic carbocycles. The fourth-order valence-electron chi connectivity index (χ4n) is 2.05. The molecule has 3 rings (SSSR count). The SMILES string of the molecule is O=S(=O)([N-][N+]12CCN(CC1)CC2)C(F)(F)F. The van der Waals surface area contributed by atoms with Crippen molar-refractivity contribution in [3.8, 4) is 0 Å². The van der Waals surface area contributed by atoms with Crippen LogP contribution in [0.1, 0.15) is 0 Å². The Hall–Kier alpha value is -0.380. The van der Waals surface area contributed by atoms with Gasteiger partial charge < -0.3 is 9.42 Å². The van der Waals surface area contributed by atoms with E-state index in [1.54, 1.807) is 0 Å². The zero-order chi connectivity index (χ0) is 12.0. The molecular weight excluding hydrogens is 247 g/mol. The van der Waals surface area contributed by atoms with Crippen LogP contribution < -0.4 is 0 Å². The molecule has 3 aliphatic heterocycles. The highest BCUT2D eigenvalue weighted by Crippen LogP contribution is 2.34. The lowest BCUT2D eigenvalue weighted by molar-refractivity contribution is -0.901. The van der Waals surface area contributed by atoms with Crippen LogP contribution in [0.5, 0.6) is 0 Å². The number of quaternary nitrogens is 1. The topological polar surface area (TPSA) is 51.5 Å². The van der Waals surface area contributed by atoms with E-state index in [1.807, 2.05) is 0 Å². The van der Waals surface area contributed by atoms with Crippen molar-refractivity contribution in [3.63, 3.8) is 0 Å². The number of hydrogen-bond acceptors (Lipinski definition) is 3. The molecule has 0 amide bonds. The first-order valence-electron chi connectivity index (χ1n) is 4.88. The summed E-state index contributed by atoms with van der Waals surface area (Å²) in [5.41, 5.74) is -5.28. The highest BCUT2D eigenvalue weighted by Gasteiger charge is 2.45. The van der Waals surface area contributed by atoms with Crippen molar-refractivity contribution < 1.29 is 26.2 Å². The Morgan fingerprint density at radius 2 is 1.50 bits per heavy atom. The highest BCUT2D eigenvalue weighted by atomic mass is 32.2. The number of nitrogens with zero attached hydrogens (tertiary/aromatic N) is 3. The van der Waals surface area contributed by atoms with E-state index in [0.29, 0.717) is 39.3 Å². The minimum atomic E-state index is -5.36. The van der Waals surface area contributed by atoms with E-state index in [9.17, 15) is 21.6 Å². The van der Waals surface area contributed by atoms with Crippen molar-refractivity contribution in [3.05, 3.63) is 4.83 Å². The van der Waals surface area contributed by atoms with Crippen molar-refractivity contribution in [1.29, 1.82) is 0 Å². The van der Waals surface area contributed by atoms with Crippen molar-refractivity contribution in [2.75, 3.05) is 39.3 Å². The van der Waals surface area contributed by atoms with E-state index in [1.165, 1.54) is 0 Å². The van der Waals surface area contributed by atoms with Crippen LogP contribution in [0.25, 0.3) is 4.83 Å². The van der Waals surface area contributed by atoms with Gasteiger partial charge in [0.05, 0.1) is 19.6 Å². The average Bonchev–Trinajstić information content (AvgIpc) is 2.17. The number of rotatable bonds is 2. The maximum Gasteiger partial charge on any atom is 0.483 e. The van der Waals surface area contributed by atoms with E-state index in [-0.39, 0.29) is 4.59 Å². The first kappa shape index (κ1) is 12.1. The predicted molar refractivity (Wildman–Crippen MR) is 49.6 cm³/mol. The Kier molecular flexibility index (Phi) is 2.69. The number of hydrogen-bond donors (Lipinski definition) is 0. The Morgan fingerprint density at radius 1 is 1.06 bits per heavy atom. The molecular formula is C7H12F3N3O2S. The van der Waals surface area contributed by atoms with Crippen molar-refractivity contribution >= 4 is 10.0 Å². The maximum atomic E-state index is 12.2. The van der Waals surface area contributed by atoms with Gasteiger partial charge in [-0.15, -0.1) is 0 Å². The van der Waals surface area contributed by atoms with Crippen LogP contribution in [0.2, 0.25) is 0 Å². The van der Waals surface area contributed by atoms with Crippen LogP contribution in [0.15, 0.2) is 0 Å². The number of fused-ring (bicyclic) bond motifs is 3. The summed E-state index contributed by atoms with van der Waals surface area (Å²) < 4.78 is 58.3. The Balaban J connectivity index is 2.15. The van der Waals surface area contributed by atoms with Crippen LogP contribution >= 0.6 is 0 Å². The fraction of sp³-hybridized carbons (Fsp3) is 1.00. The van der Waals surface area contributed by atoms with Gasteiger partial charge in [-0.1, -0.05) is 0 Å². The molecule has 0 aliphatic carbocycles. The molecule has 0 aromatic rings. The molecule has 2 bridgehead atoms. The van der Waals surface area contributed by atoms with Gasteiger partial charge in [-0.25, -0.2) is 8.42 Å². The lowest BCUT2D eigenvalue weighted by Gasteiger charge is -2.57. The third-order valence-electron chi connectivity index (χ3n) is 3.07. The molecule has 0 spiro atoms. The molecule has 9 heteroatoms. The highest BCUT2D eigenvalue weighted by molar-refractivity contribution is 7.94. The third-order valence-corrected chi connectivity index (χ3v) is 4.22. The molecule has 0 N–H and O–H groups in total. The predicted octanol–water partition coefficient (Wildman–Crippen LogP) is 0.271. The molecule has 0 unspecified atom stereocenters. The molecule has 5 nitrogen and oxygen atoms in total. The van der Waals surface area contributed by atoms with Crippen LogP contribution in [0.3, 0.4) is 0 Å². The van der Waals surface area contributed by atoms with Crippen molar-refractivity contribution in [2.24, 2.45) is 0 Å². The summed E-state index contributed by atoms with van der Waals surface area (Å²) in [6, 6.07) is 0. The number of sulfonamides is 1. The number of piperazine rings is 3. The minimum Gasteiger partial charge on any atom is -0.377 e. The number of halogens is 3. The van der Waals surface area contributed by atoms with Crippen molar-refractivity contribution in [2.45, 2.75) is 5.51 Å². The van der Waals surface area contributed by atoms with Gasteiger partial charge in [0.15, 0.2) is 0 Å². The Bertz CT molecular complexity index is 359. The Labute approximate surface area is 91.4 Å². The third kappa shape index (κ3) is 2.04. The van der Waals surface area contributed by atoms with E-state index in [0.717, 1.165) is 0 Å². The van der Waals surface area contributed by atoms with E-state index < -0.39 is 15.5 Å². The van der Waals surface area contributed by atoms with Crippen LogP contribution in [0.4, 0.5) is 13.2 Å².